The lowest BCUT2D eigenvalue weighted by molar-refractivity contribution is 0.0699. The Bertz CT molecular complexity index is 619. The van der Waals surface area contributed by atoms with Crippen molar-refractivity contribution >= 4 is 17.0 Å². The van der Waals surface area contributed by atoms with Crippen LogP contribution in [0.3, 0.4) is 0 Å². The van der Waals surface area contributed by atoms with Crippen LogP contribution >= 0.6 is 0 Å². The van der Waals surface area contributed by atoms with E-state index in [-0.39, 0.29) is 5.56 Å². The van der Waals surface area contributed by atoms with E-state index in [9.17, 15) is 9.90 Å². The summed E-state index contributed by atoms with van der Waals surface area (Å²) >= 11 is 0. The predicted octanol–water partition coefficient (Wildman–Crippen LogP) is 2.25. The molecule has 2 aromatic rings. The predicted molar refractivity (Wildman–Crippen MR) is 79.2 cm³/mol. The van der Waals surface area contributed by atoms with Crippen molar-refractivity contribution in [3.05, 3.63) is 29.6 Å². The molecule has 0 unspecified atom stereocenters. The number of rotatable bonds is 6. The van der Waals surface area contributed by atoms with Crippen molar-refractivity contribution in [3.8, 4) is 0 Å². The van der Waals surface area contributed by atoms with Crippen molar-refractivity contribution in [2.24, 2.45) is 0 Å². The normalized spacial score (nSPS) is 11.4. The second-order valence-electron chi connectivity index (χ2n) is 4.91. The number of nitrogens with zero attached hydrogens (tertiary/aromatic N) is 3. The lowest BCUT2D eigenvalue weighted by Gasteiger charge is -2.15. The molecular weight excluding hydrogens is 254 g/mol. The van der Waals surface area contributed by atoms with Gasteiger partial charge in [0.15, 0.2) is 0 Å². The number of para-hydroxylation sites is 1. The molecule has 108 valence electrons. The largest absolute Gasteiger partial charge is 0.478 e. The Labute approximate surface area is 118 Å². The van der Waals surface area contributed by atoms with Gasteiger partial charge in [-0.05, 0) is 25.7 Å². The first-order valence-corrected chi connectivity index (χ1v) is 6.98. The van der Waals surface area contributed by atoms with Gasteiger partial charge in [-0.3, -0.25) is 0 Å². The molecule has 1 aromatic carbocycles. The van der Waals surface area contributed by atoms with Gasteiger partial charge in [0.25, 0.3) is 0 Å². The van der Waals surface area contributed by atoms with E-state index in [4.69, 9.17) is 0 Å². The van der Waals surface area contributed by atoms with Crippen LogP contribution in [0.2, 0.25) is 0 Å². The van der Waals surface area contributed by atoms with Crippen LogP contribution in [0.1, 0.15) is 30.0 Å². The van der Waals surface area contributed by atoms with Crippen molar-refractivity contribution < 1.29 is 9.90 Å². The molecule has 0 spiro atoms. The first kappa shape index (κ1) is 14.5. The van der Waals surface area contributed by atoms with Crippen LogP contribution in [-0.4, -0.2) is 45.7 Å². The molecule has 0 saturated heterocycles. The van der Waals surface area contributed by atoms with E-state index in [1.165, 1.54) is 0 Å². The number of carboxylic acid groups (broad SMARTS) is 1. The number of hydrogen-bond donors (Lipinski definition) is 1. The summed E-state index contributed by atoms with van der Waals surface area (Å²) in [5.41, 5.74) is 1.78. The molecule has 5 heteroatoms. The number of carbonyl (C=O) groups is 1. The van der Waals surface area contributed by atoms with E-state index in [2.05, 4.69) is 28.4 Å². The van der Waals surface area contributed by atoms with Crippen LogP contribution in [0.15, 0.2) is 18.2 Å². The van der Waals surface area contributed by atoms with E-state index in [1.807, 2.05) is 13.0 Å². The van der Waals surface area contributed by atoms with Crippen LogP contribution in [0.5, 0.6) is 0 Å². The molecule has 0 aliphatic carbocycles. The van der Waals surface area contributed by atoms with Crippen molar-refractivity contribution in [3.63, 3.8) is 0 Å². The minimum absolute atomic E-state index is 0.278. The number of likely N-dealkylation sites (N-methyl/N-ethyl adjacent to an activating group) is 1. The van der Waals surface area contributed by atoms with Crippen molar-refractivity contribution in [2.75, 3.05) is 20.1 Å². The Kier molecular flexibility index (Phi) is 4.39. The van der Waals surface area contributed by atoms with Crippen molar-refractivity contribution in [1.82, 2.24) is 14.5 Å². The van der Waals surface area contributed by atoms with Crippen LogP contribution in [-0.2, 0) is 13.0 Å². The van der Waals surface area contributed by atoms with E-state index >= 15 is 0 Å². The number of aryl methyl sites for hydroxylation is 1. The first-order chi connectivity index (χ1) is 9.58. The fraction of sp³-hybridized carbons (Fsp3) is 0.467. The van der Waals surface area contributed by atoms with E-state index in [0.29, 0.717) is 5.52 Å². The van der Waals surface area contributed by atoms with Gasteiger partial charge in [0, 0.05) is 19.5 Å². The summed E-state index contributed by atoms with van der Waals surface area (Å²) < 4.78 is 2.13. The third kappa shape index (κ3) is 2.67. The zero-order chi connectivity index (χ0) is 14.7. The molecule has 0 bridgehead atoms. The van der Waals surface area contributed by atoms with Crippen molar-refractivity contribution in [2.45, 2.75) is 26.8 Å². The number of hydrogen-bond acceptors (Lipinski definition) is 3. The standard InChI is InChI=1S/C15H21N3O2/c1-4-13-16-14-11(15(19)20)7-6-8-12(14)18(13)10-9-17(3)5-2/h6-8H,4-5,9-10H2,1-3H3,(H,19,20). The maximum atomic E-state index is 11.3. The number of aromatic carboxylic acids is 1. The van der Waals surface area contributed by atoms with Gasteiger partial charge in [0.05, 0.1) is 11.1 Å². The molecular formula is C15H21N3O2. The summed E-state index contributed by atoms with van der Waals surface area (Å²) in [5.74, 6) is 0.0202. The zero-order valence-electron chi connectivity index (χ0n) is 12.3. The highest BCUT2D eigenvalue weighted by Crippen LogP contribution is 2.20. The molecule has 0 saturated carbocycles. The molecule has 20 heavy (non-hydrogen) atoms. The molecule has 1 heterocycles. The minimum Gasteiger partial charge on any atom is -0.478 e. The van der Waals surface area contributed by atoms with Crippen LogP contribution in [0.25, 0.3) is 11.0 Å². The second-order valence-corrected chi connectivity index (χ2v) is 4.91. The minimum atomic E-state index is -0.923. The molecule has 0 aliphatic rings. The molecule has 0 amide bonds. The number of imidazole rings is 1. The van der Waals surface area contributed by atoms with Gasteiger partial charge < -0.3 is 14.6 Å². The van der Waals surface area contributed by atoms with Gasteiger partial charge in [-0.1, -0.05) is 19.9 Å². The highest BCUT2D eigenvalue weighted by molar-refractivity contribution is 6.01. The van der Waals surface area contributed by atoms with E-state index in [0.717, 1.165) is 37.4 Å². The third-order valence-electron chi connectivity index (χ3n) is 3.65. The van der Waals surface area contributed by atoms with Gasteiger partial charge in [0.1, 0.15) is 11.3 Å². The summed E-state index contributed by atoms with van der Waals surface area (Å²) in [5, 5.41) is 9.25. The van der Waals surface area contributed by atoms with Gasteiger partial charge in [-0.15, -0.1) is 0 Å². The van der Waals surface area contributed by atoms with Gasteiger partial charge >= 0.3 is 5.97 Å². The van der Waals surface area contributed by atoms with Crippen LogP contribution in [0.4, 0.5) is 0 Å². The Morgan fingerprint density at radius 3 is 2.75 bits per heavy atom. The van der Waals surface area contributed by atoms with Crippen LogP contribution < -0.4 is 0 Å². The summed E-state index contributed by atoms with van der Waals surface area (Å²) in [4.78, 5) is 18.0. The van der Waals surface area contributed by atoms with E-state index in [1.54, 1.807) is 12.1 Å². The second kappa shape index (κ2) is 6.05. The molecule has 0 fully saturated rings. The highest BCUT2D eigenvalue weighted by atomic mass is 16.4. The summed E-state index contributed by atoms with van der Waals surface area (Å²) in [6.45, 7) is 6.91. The smallest absolute Gasteiger partial charge is 0.337 e. The molecule has 0 atom stereocenters. The lowest BCUT2D eigenvalue weighted by Crippen LogP contribution is -2.23. The number of fused-ring (bicyclic) bond motifs is 1. The molecule has 2 rings (SSSR count). The summed E-state index contributed by atoms with van der Waals surface area (Å²) in [6.07, 6.45) is 0.795. The Morgan fingerprint density at radius 2 is 2.15 bits per heavy atom. The Hall–Kier alpha value is -1.88. The maximum absolute atomic E-state index is 11.3. The van der Waals surface area contributed by atoms with Gasteiger partial charge in [0.2, 0.25) is 0 Å². The Morgan fingerprint density at radius 1 is 1.40 bits per heavy atom. The number of aromatic nitrogens is 2. The van der Waals surface area contributed by atoms with Crippen LogP contribution in [0, 0.1) is 0 Å². The maximum Gasteiger partial charge on any atom is 0.337 e. The lowest BCUT2D eigenvalue weighted by atomic mass is 10.2. The quantitative estimate of drug-likeness (QED) is 0.878. The summed E-state index contributed by atoms with van der Waals surface area (Å²) in [7, 11) is 2.08. The van der Waals surface area contributed by atoms with Gasteiger partial charge in [-0.2, -0.15) is 0 Å². The highest BCUT2D eigenvalue weighted by Gasteiger charge is 2.15. The summed E-state index contributed by atoms with van der Waals surface area (Å²) in [6, 6.07) is 5.34. The molecule has 0 radical (unpaired) electrons. The van der Waals surface area contributed by atoms with E-state index < -0.39 is 5.97 Å². The fourth-order valence-corrected chi connectivity index (χ4v) is 2.32. The number of benzene rings is 1. The molecule has 0 aliphatic heterocycles. The monoisotopic (exact) mass is 275 g/mol. The average Bonchev–Trinajstić information content (AvgIpc) is 2.81. The van der Waals surface area contributed by atoms with Gasteiger partial charge in [-0.25, -0.2) is 9.78 Å². The first-order valence-electron chi connectivity index (χ1n) is 6.98. The third-order valence-corrected chi connectivity index (χ3v) is 3.65. The topological polar surface area (TPSA) is 58.4 Å². The number of carboxylic acids is 1. The SMILES string of the molecule is CCc1nc2c(C(=O)O)cccc2n1CCN(C)CC. The molecule has 5 nitrogen and oxygen atoms in total. The fourth-order valence-electron chi connectivity index (χ4n) is 2.32. The molecule has 1 N–H and O–H groups in total. The average molecular weight is 275 g/mol. The van der Waals surface area contributed by atoms with Crippen molar-refractivity contribution in [1.29, 1.82) is 0 Å². The zero-order valence-corrected chi connectivity index (χ0v) is 12.3. The molecule has 1 aromatic heterocycles. The Balaban J connectivity index is 2.47.